The summed E-state index contributed by atoms with van der Waals surface area (Å²) in [5.41, 5.74) is -0.410. The summed E-state index contributed by atoms with van der Waals surface area (Å²) in [4.78, 5) is 0. The summed E-state index contributed by atoms with van der Waals surface area (Å²) < 4.78 is 31.3. The molecule has 1 aliphatic rings. The summed E-state index contributed by atoms with van der Waals surface area (Å²) in [6.07, 6.45) is 3.76. The van der Waals surface area contributed by atoms with Crippen LogP contribution >= 0.6 is 11.6 Å². The van der Waals surface area contributed by atoms with E-state index in [2.05, 4.69) is 4.72 Å². The standard InChI is InChI=1S/C10H20ClNO3S/c1-2-15-7-8-16(13,14)12-10(9-11)5-3-4-6-10/h12H,2-9H2,1H3. The number of nitrogens with one attached hydrogen (secondary N) is 1. The van der Waals surface area contributed by atoms with Crippen LogP contribution in [0.1, 0.15) is 32.6 Å². The van der Waals surface area contributed by atoms with E-state index in [4.69, 9.17) is 16.3 Å². The Kier molecular flexibility index (Phi) is 5.50. The minimum absolute atomic E-state index is 0.0134. The quantitative estimate of drug-likeness (QED) is 0.563. The van der Waals surface area contributed by atoms with E-state index >= 15 is 0 Å². The molecular weight excluding hydrogens is 250 g/mol. The van der Waals surface area contributed by atoms with Crippen molar-refractivity contribution in [2.45, 2.75) is 38.1 Å². The van der Waals surface area contributed by atoms with Crippen molar-refractivity contribution in [1.82, 2.24) is 4.72 Å². The number of ether oxygens (including phenoxy) is 1. The Morgan fingerprint density at radius 3 is 2.50 bits per heavy atom. The zero-order valence-electron chi connectivity index (χ0n) is 9.67. The molecular formula is C10H20ClNO3S. The molecule has 1 N–H and O–H groups in total. The number of halogens is 1. The normalized spacial score (nSPS) is 20.1. The van der Waals surface area contributed by atoms with Gasteiger partial charge in [0, 0.05) is 18.0 Å². The van der Waals surface area contributed by atoms with Gasteiger partial charge in [0.2, 0.25) is 10.0 Å². The predicted molar refractivity (Wildman–Crippen MR) is 65.3 cm³/mol. The van der Waals surface area contributed by atoms with Crippen LogP contribution in [-0.2, 0) is 14.8 Å². The molecule has 0 radical (unpaired) electrons. The largest absolute Gasteiger partial charge is 0.381 e. The van der Waals surface area contributed by atoms with Crippen LogP contribution in [0.3, 0.4) is 0 Å². The third-order valence-corrected chi connectivity index (χ3v) is 4.85. The van der Waals surface area contributed by atoms with Crippen LogP contribution in [0.15, 0.2) is 0 Å². The highest BCUT2D eigenvalue weighted by Gasteiger charge is 2.36. The van der Waals surface area contributed by atoms with Crippen LogP contribution in [0.4, 0.5) is 0 Å². The molecule has 0 atom stereocenters. The first kappa shape index (κ1) is 14.2. The van der Waals surface area contributed by atoms with Crippen LogP contribution in [0.25, 0.3) is 0 Å². The van der Waals surface area contributed by atoms with Crippen molar-refractivity contribution < 1.29 is 13.2 Å². The fraction of sp³-hybridized carbons (Fsp3) is 1.00. The molecule has 0 aromatic heterocycles. The second-order valence-electron chi connectivity index (χ2n) is 4.24. The summed E-state index contributed by atoms with van der Waals surface area (Å²) in [7, 11) is -3.27. The number of sulfonamides is 1. The van der Waals surface area contributed by atoms with Gasteiger partial charge in [-0.1, -0.05) is 12.8 Å². The number of hydrogen-bond acceptors (Lipinski definition) is 3. The van der Waals surface area contributed by atoms with E-state index in [0.29, 0.717) is 12.5 Å². The van der Waals surface area contributed by atoms with Gasteiger partial charge in [-0.3, -0.25) is 0 Å². The molecule has 0 aromatic rings. The molecule has 96 valence electrons. The van der Waals surface area contributed by atoms with Gasteiger partial charge < -0.3 is 4.74 Å². The van der Waals surface area contributed by atoms with Crippen LogP contribution < -0.4 is 4.72 Å². The molecule has 0 spiro atoms. The summed E-state index contributed by atoms with van der Waals surface area (Å²) in [6, 6.07) is 0. The Hall–Kier alpha value is 0.160. The molecule has 1 saturated carbocycles. The van der Waals surface area contributed by atoms with Crippen LogP contribution in [0.5, 0.6) is 0 Å². The minimum Gasteiger partial charge on any atom is -0.381 e. The van der Waals surface area contributed by atoms with Gasteiger partial charge in [0.1, 0.15) is 0 Å². The summed E-state index contributed by atoms with van der Waals surface area (Å²) in [5, 5.41) is 0. The monoisotopic (exact) mass is 269 g/mol. The Balaban J connectivity index is 2.50. The molecule has 0 amide bonds. The second-order valence-corrected chi connectivity index (χ2v) is 6.35. The Morgan fingerprint density at radius 1 is 1.38 bits per heavy atom. The van der Waals surface area contributed by atoms with Crippen molar-refractivity contribution in [2.75, 3.05) is 24.8 Å². The molecule has 1 aliphatic carbocycles. The third-order valence-electron chi connectivity index (χ3n) is 2.89. The predicted octanol–water partition coefficient (Wildman–Crippen LogP) is 1.49. The lowest BCUT2D eigenvalue weighted by molar-refractivity contribution is 0.163. The lowest BCUT2D eigenvalue weighted by Gasteiger charge is -2.27. The van der Waals surface area contributed by atoms with Crippen molar-refractivity contribution in [2.24, 2.45) is 0 Å². The van der Waals surface area contributed by atoms with Gasteiger partial charge in [0.15, 0.2) is 0 Å². The third kappa shape index (κ3) is 4.20. The maximum absolute atomic E-state index is 11.8. The van der Waals surface area contributed by atoms with Crippen molar-refractivity contribution >= 4 is 21.6 Å². The van der Waals surface area contributed by atoms with Gasteiger partial charge in [0.05, 0.1) is 12.4 Å². The van der Waals surface area contributed by atoms with Gasteiger partial charge in [-0.2, -0.15) is 0 Å². The first-order chi connectivity index (χ1) is 7.54. The Morgan fingerprint density at radius 2 is 2.00 bits per heavy atom. The highest BCUT2D eigenvalue weighted by molar-refractivity contribution is 7.89. The molecule has 1 rings (SSSR count). The molecule has 0 bridgehead atoms. The zero-order chi connectivity index (χ0) is 12.1. The van der Waals surface area contributed by atoms with E-state index in [1.165, 1.54) is 0 Å². The molecule has 0 aromatic carbocycles. The highest BCUT2D eigenvalue weighted by Crippen LogP contribution is 2.31. The molecule has 0 aliphatic heterocycles. The van der Waals surface area contributed by atoms with E-state index < -0.39 is 15.6 Å². The van der Waals surface area contributed by atoms with E-state index in [-0.39, 0.29) is 12.4 Å². The SMILES string of the molecule is CCOCCS(=O)(=O)NC1(CCl)CCCC1. The van der Waals surface area contributed by atoms with Crippen LogP contribution in [-0.4, -0.2) is 38.8 Å². The maximum Gasteiger partial charge on any atom is 0.214 e. The lowest BCUT2D eigenvalue weighted by atomic mass is 10.0. The highest BCUT2D eigenvalue weighted by atomic mass is 35.5. The van der Waals surface area contributed by atoms with Gasteiger partial charge in [-0.15, -0.1) is 11.6 Å². The first-order valence-corrected chi connectivity index (χ1v) is 7.88. The number of alkyl halides is 1. The van der Waals surface area contributed by atoms with E-state index in [0.717, 1.165) is 25.7 Å². The van der Waals surface area contributed by atoms with E-state index in [1.807, 2.05) is 6.92 Å². The first-order valence-electron chi connectivity index (χ1n) is 5.69. The second kappa shape index (κ2) is 6.19. The van der Waals surface area contributed by atoms with E-state index in [1.54, 1.807) is 0 Å². The Bertz CT molecular complexity index is 299. The topological polar surface area (TPSA) is 55.4 Å². The van der Waals surface area contributed by atoms with Gasteiger partial charge in [0.25, 0.3) is 0 Å². The van der Waals surface area contributed by atoms with Gasteiger partial charge in [-0.25, -0.2) is 13.1 Å². The molecule has 1 fully saturated rings. The van der Waals surface area contributed by atoms with Crippen LogP contribution in [0.2, 0.25) is 0 Å². The lowest BCUT2D eigenvalue weighted by Crippen LogP contribution is -2.49. The van der Waals surface area contributed by atoms with Crippen LogP contribution in [0, 0.1) is 0 Å². The minimum atomic E-state index is -3.27. The van der Waals surface area contributed by atoms with Crippen molar-refractivity contribution in [3.63, 3.8) is 0 Å². The average Bonchev–Trinajstić information content (AvgIpc) is 2.66. The number of rotatable bonds is 7. The molecule has 0 unspecified atom stereocenters. The molecule has 4 nitrogen and oxygen atoms in total. The molecule has 0 heterocycles. The number of hydrogen-bond donors (Lipinski definition) is 1. The van der Waals surface area contributed by atoms with Gasteiger partial charge >= 0.3 is 0 Å². The average molecular weight is 270 g/mol. The fourth-order valence-electron chi connectivity index (χ4n) is 2.01. The van der Waals surface area contributed by atoms with Crippen molar-refractivity contribution in [1.29, 1.82) is 0 Å². The summed E-state index contributed by atoms with van der Waals surface area (Å²) in [5.74, 6) is 0.361. The zero-order valence-corrected chi connectivity index (χ0v) is 11.2. The Labute approximate surface area is 103 Å². The fourth-order valence-corrected chi connectivity index (χ4v) is 3.80. The van der Waals surface area contributed by atoms with Crippen molar-refractivity contribution in [3.05, 3.63) is 0 Å². The molecule has 0 saturated heterocycles. The van der Waals surface area contributed by atoms with Gasteiger partial charge in [-0.05, 0) is 19.8 Å². The smallest absolute Gasteiger partial charge is 0.214 e. The molecule has 16 heavy (non-hydrogen) atoms. The van der Waals surface area contributed by atoms with E-state index in [9.17, 15) is 8.42 Å². The maximum atomic E-state index is 11.8. The summed E-state index contributed by atoms with van der Waals surface area (Å²) >= 11 is 5.87. The molecule has 6 heteroatoms. The summed E-state index contributed by atoms with van der Waals surface area (Å²) in [6.45, 7) is 2.62. The van der Waals surface area contributed by atoms with Crippen molar-refractivity contribution in [3.8, 4) is 0 Å².